The Balaban J connectivity index is 1.76. The van der Waals surface area contributed by atoms with Crippen LogP contribution >= 0.6 is 0 Å². The van der Waals surface area contributed by atoms with Gasteiger partial charge in [0.2, 0.25) is 5.91 Å². The third-order valence-electron chi connectivity index (χ3n) is 4.74. The van der Waals surface area contributed by atoms with Crippen molar-refractivity contribution in [2.24, 2.45) is 0 Å². The number of nitrogens with one attached hydrogen (secondary N) is 1. The van der Waals surface area contributed by atoms with E-state index in [9.17, 15) is 22.8 Å². The number of nitrogens with zero attached hydrogens (tertiary/aromatic N) is 3. The molecular formula is C22H21F3N4O2. The van der Waals surface area contributed by atoms with Crippen LogP contribution in [0.15, 0.2) is 54.7 Å². The summed E-state index contributed by atoms with van der Waals surface area (Å²) in [6.07, 6.45) is -2.90. The van der Waals surface area contributed by atoms with Crippen molar-refractivity contribution in [2.45, 2.75) is 19.5 Å². The minimum atomic E-state index is -4.47. The molecule has 0 aliphatic rings. The Bertz CT molecular complexity index is 1100. The Morgan fingerprint density at radius 1 is 1.10 bits per heavy atom. The highest BCUT2D eigenvalue weighted by molar-refractivity contribution is 6.05. The molecule has 0 aliphatic carbocycles. The molecule has 162 valence electrons. The van der Waals surface area contributed by atoms with Crippen molar-refractivity contribution >= 4 is 17.5 Å². The number of carbonyl (C=O) groups is 2. The van der Waals surface area contributed by atoms with Gasteiger partial charge in [-0.15, -0.1) is 0 Å². The Morgan fingerprint density at radius 2 is 1.77 bits per heavy atom. The number of rotatable bonds is 5. The molecule has 3 rings (SSSR count). The summed E-state index contributed by atoms with van der Waals surface area (Å²) in [5.74, 6) is -0.470. The van der Waals surface area contributed by atoms with E-state index in [0.29, 0.717) is 11.4 Å². The average Bonchev–Trinajstić information content (AvgIpc) is 3.10. The van der Waals surface area contributed by atoms with Gasteiger partial charge in [-0.1, -0.05) is 18.2 Å². The lowest BCUT2D eigenvalue weighted by atomic mass is 10.1. The van der Waals surface area contributed by atoms with Crippen molar-refractivity contribution in [1.29, 1.82) is 0 Å². The maximum absolute atomic E-state index is 13.0. The molecule has 1 N–H and O–H groups in total. The molecule has 31 heavy (non-hydrogen) atoms. The lowest BCUT2D eigenvalue weighted by molar-refractivity contribution is -0.137. The van der Waals surface area contributed by atoms with Gasteiger partial charge in [-0.05, 0) is 42.8 Å². The molecule has 1 heterocycles. The van der Waals surface area contributed by atoms with E-state index in [1.54, 1.807) is 45.3 Å². The summed E-state index contributed by atoms with van der Waals surface area (Å²) in [4.78, 5) is 25.9. The summed E-state index contributed by atoms with van der Waals surface area (Å²) >= 11 is 0. The topological polar surface area (TPSA) is 67.2 Å². The largest absolute Gasteiger partial charge is 0.416 e. The molecule has 0 radical (unpaired) electrons. The second-order valence-corrected chi connectivity index (χ2v) is 7.22. The smallest absolute Gasteiger partial charge is 0.349 e. The highest BCUT2D eigenvalue weighted by Crippen LogP contribution is 2.30. The zero-order valence-corrected chi connectivity index (χ0v) is 17.2. The number of aromatic nitrogens is 2. The van der Waals surface area contributed by atoms with Crippen LogP contribution in [0.25, 0.3) is 5.69 Å². The second-order valence-electron chi connectivity index (χ2n) is 7.22. The number of hydrogen-bond donors (Lipinski definition) is 1. The van der Waals surface area contributed by atoms with Crippen LogP contribution in [0.3, 0.4) is 0 Å². The van der Waals surface area contributed by atoms with Crippen LogP contribution < -0.4 is 5.32 Å². The lowest BCUT2D eigenvalue weighted by Crippen LogP contribution is -2.23. The Hall–Kier alpha value is -3.62. The van der Waals surface area contributed by atoms with E-state index in [1.165, 1.54) is 27.9 Å². The number of hydrogen-bond acceptors (Lipinski definition) is 3. The summed E-state index contributed by atoms with van der Waals surface area (Å²) in [6, 6.07) is 11.6. The minimum absolute atomic E-state index is 0.0329. The Morgan fingerprint density at radius 3 is 2.39 bits per heavy atom. The molecule has 2 aromatic carbocycles. The highest BCUT2D eigenvalue weighted by atomic mass is 19.4. The Kier molecular flexibility index (Phi) is 6.14. The van der Waals surface area contributed by atoms with Gasteiger partial charge < -0.3 is 10.2 Å². The van der Waals surface area contributed by atoms with Crippen molar-refractivity contribution in [3.63, 3.8) is 0 Å². The normalized spacial score (nSPS) is 11.3. The van der Waals surface area contributed by atoms with Gasteiger partial charge in [0.25, 0.3) is 5.91 Å². The van der Waals surface area contributed by atoms with Crippen LogP contribution in [0, 0.1) is 6.92 Å². The molecule has 1 aromatic heterocycles. The van der Waals surface area contributed by atoms with Crippen molar-refractivity contribution in [3.05, 3.63) is 77.1 Å². The minimum Gasteiger partial charge on any atom is -0.349 e. The summed E-state index contributed by atoms with van der Waals surface area (Å²) in [5, 5.41) is 6.82. The maximum atomic E-state index is 13.0. The van der Waals surface area contributed by atoms with E-state index >= 15 is 0 Å². The van der Waals surface area contributed by atoms with E-state index in [0.717, 1.165) is 17.7 Å². The first-order chi connectivity index (χ1) is 14.6. The molecule has 9 heteroatoms. The van der Waals surface area contributed by atoms with Gasteiger partial charge in [-0.2, -0.15) is 18.3 Å². The van der Waals surface area contributed by atoms with E-state index in [2.05, 4.69) is 10.4 Å². The average molecular weight is 430 g/mol. The molecule has 0 spiro atoms. The van der Waals surface area contributed by atoms with Gasteiger partial charge in [0.1, 0.15) is 0 Å². The number of benzene rings is 2. The molecule has 0 saturated carbocycles. The number of likely N-dealkylation sites (N-methyl/N-ethyl adjacent to an activating group) is 1. The molecule has 2 amide bonds. The van der Waals surface area contributed by atoms with Crippen LogP contribution in [-0.4, -0.2) is 40.6 Å². The van der Waals surface area contributed by atoms with Crippen molar-refractivity contribution < 1.29 is 22.8 Å². The predicted octanol–water partition coefficient (Wildman–Crippen LogP) is 4.08. The molecule has 0 fully saturated rings. The first-order valence-corrected chi connectivity index (χ1v) is 9.39. The monoisotopic (exact) mass is 430 g/mol. The quantitative estimate of drug-likeness (QED) is 0.663. The summed E-state index contributed by atoms with van der Waals surface area (Å²) in [6.45, 7) is 1.61. The van der Waals surface area contributed by atoms with Gasteiger partial charge in [-0.25, -0.2) is 4.68 Å². The van der Waals surface area contributed by atoms with Crippen LogP contribution in [0.1, 0.15) is 27.2 Å². The van der Waals surface area contributed by atoms with Crippen molar-refractivity contribution in [3.8, 4) is 5.69 Å². The lowest BCUT2D eigenvalue weighted by Gasteiger charge is -2.11. The summed E-state index contributed by atoms with van der Waals surface area (Å²) in [7, 11) is 3.36. The predicted molar refractivity (Wildman–Crippen MR) is 110 cm³/mol. The van der Waals surface area contributed by atoms with E-state index in [4.69, 9.17) is 0 Å². The summed E-state index contributed by atoms with van der Waals surface area (Å²) in [5.41, 5.74) is 1.40. The highest BCUT2D eigenvalue weighted by Gasteiger charge is 2.30. The van der Waals surface area contributed by atoms with Crippen LogP contribution in [-0.2, 0) is 17.4 Å². The summed E-state index contributed by atoms with van der Waals surface area (Å²) < 4.78 is 40.2. The third kappa shape index (κ3) is 5.11. The number of anilines is 1. The number of alkyl halides is 3. The van der Waals surface area contributed by atoms with Gasteiger partial charge >= 0.3 is 6.18 Å². The fourth-order valence-electron chi connectivity index (χ4n) is 2.94. The molecule has 0 aliphatic heterocycles. The standard InChI is InChI=1S/C22H21F3N4O2/c1-14-19(13-26-29(14)18-6-4-5-16(12-18)22(23,24)25)21(31)27-17-9-7-15(8-10-17)11-20(30)28(2)3/h4-10,12-13H,11H2,1-3H3,(H,27,31). The number of carbonyl (C=O) groups excluding carboxylic acids is 2. The Labute approximate surface area is 177 Å². The fraction of sp³-hybridized carbons (Fsp3) is 0.227. The zero-order valence-electron chi connectivity index (χ0n) is 17.2. The number of amides is 2. The third-order valence-corrected chi connectivity index (χ3v) is 4.74. The van der Waals surface area contributed by atoms with E-state index < -0.39 is 17.6 Å². The first-order valence-electron chi connectivity index (χ1n) is 9.39. The molecule has 0 unspecified atom stereocenters. The molecule has 3 aromatic rings. The number of halogens is 3. The second kappa shape index (κ2) is 8.63. The molecule has 0 bridgehead atoms. The SMILES string of the molecule is Cc1c(C(=O)Nc2ccc(CC(=O)N(C)C)cc2)cnn1-c1cccc(C(F)(F)F)c1. The molecule has 0 atom stereocenters. The van der Waals surface area contributed by atoms with Gasteiger partial charge in [0.05, 0.1) is 35.1 Å². The fourth-order valence-corrected chi connectivity index (χ4v) is 2.94. The molecule has 6 nitrogen and oxygen atoms in total. The van der Waals surface area contributed by atoms with Crippen molar-refractivity contribution in [2.75, 3.05) is 19.4 Å². The van der Waals surface area contributed by atoms with Gasteiger partial charge in [0.15, 0.2) is 0 Å². The molecular weight excluding hydrogens is 409 g/mol. The van der Waals surface area contributed by atoms with Crippen molar-refractivity contribution in [1.82, 2.24) is 14.7 Å². The van der Waals surface area contributed by atoms with E-state index in [-0.39, 0.29) is 23.6 Å². The first kappa shape index (κ1) is 22.1. The molecule has 0 saturated heterocycles. The van der Waals surface area contributed by atoms with Crippen LogP contribution in [0.2, 0.25) is 0 Å². The van der Waals surface area contributed by atoms with Gasteiger partial charge in [0, 0.05) is 19.8 Å². The van der Waals surface area contributed by atoms with Crippen LogP contribution in [0.5, 0.6) is 0 Å². The van der Waals surface area contributed by atoms with Crippen LogP contribution in [0.4, 0.5) is 18.9 Å². The maximum Gasteiger partial charge on any atom is 0.416 e. The van der Waals surface area contributed by atoms with Gasteiger partial charge in [-0.3, -0.25) is 9.59 Å². The zero-order chi connectivity index (χ0) is 22.8. The van der Waals surface area contributed by atoms with E-state index in [1.807, 2.05) is 0 Å².